The number of nitrogens with zero attached hydrogens (tertiary/aromatic N) is 2. The first-order chi connectivity index (χ1) is 9.06. The standard InChI is InChI=1S/C12H11N5O2/c13-11(14)10-4-7(1-2-16-10)8-3-9(6-15-5-8)17-12(18)19/h1-6,17H,(H3,13,14)(H,18,19). The molecule has 5 N–H and O–H groups in total. The van der Waals surface area contributed by atoms with Crippen molar-refractivity contribution < 1.29 is 9.90 Å². The van der Waals surface area contributed by atoms with Gasteiger partial charge in [0, 0.05) is 18.0 Å². The second-order valence-electron chi connectivity index (χ2n) is 3.74. The third-order valence-corrected chi connectivity index (χ3v) is 2.36. The summed E-state index contributed by atoms with van der Waals surface area (Å²) in [6.45, 7) is 0. The molecular formula is C12H11N5O2. The lowest BCUT2D eigenvalue weighted by molar-refractivity contribution is 0.209. The van der Waals surface area contributed by atoms with Crippen molar-refractivity contribution in [3.8, 4) is 11.1 Å². The van der Waals surface area contributed by atoms with Gasteiger partial charge in [0.25, 0.3) is 0 Å². The summed E-state index contributed by atoms with van der Waals surface area (Å²) < 4.78 is 0. The van der Waals surface area contributed by atoms with E-state index < -0.39 is 6.09 Å². The maximum absolute atomic E-state index is 10.6. The molecule has 0 aromatic carbocycles. The topological polar surface area (TPSA) is 125 Å². The summed E-state index contributed by atoms with van der Waals surface area (Å²) in [6.07, 6.45) is 3.37. The van der Waals surface area contributed by atoms with E-state index in [-0.39, 0.29) is 5.84 Å². The second-order valence-corrected chi connectivity index (χ2v) is 3.74. The summed E-state index contributed by atoms with van der Waals surface area (Å²) in [5.74, 6) is -0.130. The summed E-state index contributed by atoms with van der Waals surface area (Å²) >= 11 is 0. The Kier molecular flexibility index (Phi) is 3.37. The number of hydrogen-bond donors (Lipinski definition) is 4. The number of nitrogens with two attached hydrogens (primary N) is 1. The molecule has 7 heteroatoms. The van der Waals surface area contributed by atoms with Crippen LogP contribution in [0.1, 0.15) is 5.69 Å². The molecule has 0 spiro atoms. The molecule has 0 bridgehead atoms. The predicted molar refractivity (Wildman–Crippen MR) is 70.1 cm³/mol. The van der Waals surface area contributed by atoms with Crippen molar-refractivity contribution in [3.05, 3.63) is 42.5 Å². The zero-order valence-electron chi connectivity index (χ0n) is 9.79. The number of nitrogens with one attached hydrogen (secondary N) is 2. The van der Waals surface area contributed by atoms with Crippen molar-refractivity contribution in [2.24, 2.45) is 5.73 Å². The van der Waals surface area contributed by atoms with Gasteiger partial charge >= 0.3 is 6.09 Å². The van der Waals surface area contributed by atoms with Gasteiger partial charge in [0.15, 0.2) is 0 Å². The Labute approximate surface area is 108 Å². The first kappa shape index (κ1) is 12.5. The summed E-state index contributed by atoms with van der Waals surface area (Å²) in [5.41, 5.74) is 7.55. The lowest BCUT2D eigenvalue weighted by Crippen LogP contribution is -2.12. The molecule has 7 nitrogen and oxygen atoms in total. The molecule has 1 amide bonds. The number of carboxylic acid groups (broad SMARTS) is 1. The van der Waals surface area contributed by atoms with Gasteiger partial charge in [0.05, 0.1) is 11.9 Å². The molecule has 2 rings (SSSR count). The maximum atomic E-state index is 10.6. The zero-order chi connectivity index (χ0) is 13.8. The van der Waals surface area contributed by atoms with E-state index in [0.29, 0.717) is 16.9 Å². The van der Waals surface area contributed by atoms with Crippen LogP contribution in [0.2, 0.25) is 0 Å². The van der Waals surface area contributed by atoms with E-state index in [1.54, 1.807) is 24.4 Å². The number of aromatic nitrogens is 2. The Morgan fingerprint density at radius 2 is 2.11 bits per heavy atom. The van der Waals surface area contributed by atoms with Gasteiger partial charge in [-0.25, -0.2) is 4.79 Å². The lowest BCUT2D eigenvalue weighted by Gasteiger charge is -2.06. The largest absolute Gasteiger partial charge is 0.465 e. The minimum atomic E-state index is -1.15. The highest BCUT2D eigenvalue weighted by Crippen LogP contribution is 2.21. The highest BCUT2D eigenvalue weighted by Gasteiger charge is 2.05. The van der Waals surface area contributed by atoms with Crippen LogP contribution < -0.4 is 11.1 Å². The summed E-state index contributed by atoms with van der Waals surface area (Å²) in [6, 6.07) is 5.01. The van der Waals surface area contributed by atoms with Gasteiger partial charge in [-0.05, 0) is 23.8 Å². The molecule has 2 aromatic heterocycles. The third-order valence-electron chi connectivity index (χ3n) is 2.36. The molecule has 96 valence electrons. The van der Waals surface area contributed by atoms with E-state index >= 15 is 0 Å². The highest BCUT2D eigenvalue weighted by molar-refractivity contribution is 5.94. The molecule has 19 heavy (non-hydrogen) atoms. The van der Waals surface area contributed by atoms with Gasteiger partial charge in [-0.2, -0.15) is 0 Å². The van der Waals surface area contributed by atoms with Crippen molar-refractivity contribution in [3.63, 3.8) is 0 Å². The van der Waals surface area contributed by atoms with E-state index in [0.717, 1.165) is 5.56 Å². The molecule has 0 saturated carbocycles. The van der Waals surface area contributed by atoms with Crippen LogP contribution >= 0.6 is 0 Å². The number of anilines is 1. The highest BCUT2D eigenvalue weighted by atomic mass is 16.4. The molecule has 0 fully saturated rings. The van der Waals surface area contributed by atoms with Gasteiger partial charge < -0.3 is 10.8 Å². The van der Waals surface area contributed by atoms with Crippen LogP contribution in [-0.4, -0.2) is 27.0 Å². The van der Waals surface area contributed by atoms with Crippen LogP contribution in [0, 0.1) is 5.41 Å². The quantitative estimate of drug-likeness (QED) is 0.490. The van der Waals surface area contributed by atoms with E-state index in [1.807, 2.05) is 0 Å². The molecular weight excluding hydrogens is 246 g/mol. The molecule has 0 unspecified atom stereocenters. The first-order valence-electron chi connectivity index (χ1n) is 5.32. The monoisotopic (exact) mass is 257 g/mol. The molecule has 0 atom stereocenters. The lowest BCUT2D eigenvalue weighted by atomic mass is 10.1. The number of amidine groups is 1. The Balaban J connectivity index is 2.38. The van der Waals surface area contributed by atoms with Crippen LogP contribution in [-0.2, 0) is 0 Å². The average Bonchev–Trinajstić information content (AvgIpc) is 2.38. The van der Waals surface area contributed by atoms with Crippen molar-refractivity contribution in [1.82, 2.24) is 9.97 Å². The number of pyridine rings is 2. The fourth-order valence-electron chi connectivity index (χ4n) is 1.55. The molecule has 0 saturated heterocycles. The zero-order valence-corrected chi connectivity index (χ0v) is 9.79. The summed E-state index contributed by atoms with van der Waals surface area (Å²) in [4.78, 5) is 18.5. The van der Waals surface area contributed by atoms with Gasteiger partial charge in [-0.1, -0.05) is 0 Å². The van der Waals surface area contributed by atoms with Gasteiger partial charge in [0.2, 0.25) is 0 Å². The Hall–Kier alpha value is -2.96. The number of nitrogen functional groups attached to an aromatic ring is 1. The maximum Gasteiger partial charge on any atom is 0.409 e. The Morgan fingerprint density at radius 3 is 2.79 bits per heavy atom. The van der Waals surface area contributed by atoms with Gasteiger partial charge in [-0.3, -0.25) is 20.7 Å². The number of hydrogen-bond acceptors (Lipinski definition) is 4. The third kappa shape index (κ3) is 3.03. The van der Waals surface area contributed by atoms with Crippen LogP contribution in [0.5, 0.6) is 0 Å². The van der Waals surface area contributed by atoms with E-state index in [2.05, 4.69) is 15.3 Å². The minimum absolute atomic E-state index is 0.130. The van der Waals surface area contributed by atoms with Crippen molar-refractivity contribution in [1.29, 1.82) is 5.41 Å². The Bertz CT molecular complexity index is 642. The van der Waals surface area contributed by atoms with E-state index in [4.69, 9.17) is 16.2 Å². The minimum Gasteiger partial charge on any atom is -0.465 e. The second kappa shape index (κ2) is 5.13. The van der Waals surface area contributed by atoms with Gasteiger partial charge in [-0.15, -0.1) is 0 Å². The fraction of sp³-hybridized carbons (Fsp3) is 0. The number of carbonyl (C=O) groups is 1. The van der Waals surface area contributed by atoms with Crippen molar-refractivity contribution in [2.75, 3.05) is 5.32 Å². The average molecular weight is 257 g/mol. The molecule has 2 heterocycles. The predicted octanol–water partition coefficient (Wildman–Crippen LogP) is 1.52. The molecule has 0 aliphatic rings. The van der Waals surface area contributed by atoms with E-state index in [9.17, 15) is 4.79 Å². The van der Waals surface area contributed by atoms with Crippen LogP contribution in [0.4, 0.5) is 10.5 Å². The molecule has 2 aromatic rings. The van der Waals surface area contributed by atoms with Crippen LogP contribution in [0.25, 0.3) is 11.1 Å². The molecule has 0 aliphatic heterocycles. The van der Waals surface area contributed by atoms with Gasteiger partial charge in [0.1, 0.15) is 11.5 Å². The van der Waals surface area contributed by atoms with Crippen molar-refractivity contribution >= 4 is 17.6 Å². The number of rotatable bonds is 3. The van der Waals surface area contributed by atoms with Crippen molar-refractivity contribution in [2.45, 2.75) is 0 Å². The molecule has 0 aliphatic carbocycles. The van der Waals surface area contributed by atoms with Crippen LogP contribution in [0.15, 0.2) is 36.8 Å². The first-order valence-corrected chi connectivity index (χ1v) is 5.32. The Morgan fingerprint density at radius 1 is 1.32 bits per heavy atom. The summed E-state index contributed by atoms with van der Waals surface area (Å²) in [7, 11) is 0. The van der Waals surface area contributed by atoms with E-state index in [1.165, 1.54) is 12.4 Å². The normalized spacial score (nSPS) is 9.89. The SMILES string of the molecule is N=C(N)c1cc(-c2cncc(NC(=O)O)c2)ccn1. The fourth-order valence-corrected chi connectivity index (χ4v) is 1.55. The molecule has 0 radical (unpaired) electrons. The smallest absolute Gasteiger partial charge is 0.409 e. The van der Waals surface area contributed by atoms with Crippen LogP contribution in [0.3, 0.4) is 0 Å². The summed E-state index contributed by atoms with van der Waals surface area (Å²) in [5, 5.41) is 18.2. The number of amides is 1.